The summed E-state index contributed by atoms with van der Waals surface area (Å²) in [4.78, 5) is 4.16. The largest absolute Gasteiger partial charge is 0.388 e. The van der Waals surface area contributed by atoms with E-state index in [2.05, 4.69) is 9.71 Å². The summed E-state index contributed by atoms with van der Waals surface area (Å²) in [5.41, 5.74) is 5.80. The van der Waals surface area contributed by atoms with E-state index in [4.69, 9.17) is 18.0 Å². The second kappa shape index (κ2) is 6.21. The van der Waals surface area contributed by atoms with Crippen LogP contribution in [0, 0.1) is 5.92 Å². The van der Waals surface area contributed by atoms with Crippen LogP contribution in [0.4, 0.5) is 0 Å². The number of hydrogen-bond donors (Lipinski definition) is 2. The van der Waals surface area contributed by atoms with Gasteiger partial charge in [0.1, 0.15) is 9.88 Å². The van der Waals surface area contributed by atoms with Crippen LogP contribution in [0.25, 0.3) is 0 Å². The molecule has 0 amide bonds. The Kier molecular flexibility index (Phi) is 5.18. The monoisotopic (exact) mass is 287 g/mol. The predicted molar refractivity (Wildman–Crippen MR) is 74.8 cm³/mol. The molecule has 1 aromatic rings. The van der Waals surface area contributed by atoms with E-state index in [0.717, 1.165) is 6.42 Å². The summed E-state index contributed by atoms with van der Waals surface area (Å²) in [5, 5.41) is 0. The molecule has 0 saturated carbocycles. The quantitative estimate of drug-likeness (QED) is 0.764. The molecular formula is C11H17N3O2S2. The Morgan fingerprint density at radius 1 is 1.50 bits per heavy atom. The number of thiocarbonyl (C=S) groups is 1. The van der Waals surface area contributed by atoms with Crippen molar-refractivity contribution in [1.29, 1.82) is 0 Å². The van der Waals surface area contributed by atoms with Crippen molar-refractivity contribution in [2.24, 2.45) is 11.7 Å². The molecule has 0 fully saturated rings. The summed E-state index contributed by atoms with van der Waals surface area (Å²) >= 11 is 4.75. The standard InChI is InChI=1S/C11H17N3O2S2/c1-8(2)5-6-14-18(15,16)9-3-4-10(11(12)17)13-7-9/h3-4,7-8,14H,5-6H2,1-2H3,(H2,12,17). The average molecular weight is 287 g/mol. The van der Waals surface area contributed by atoms with Gasteiger partial charge in [0.05, 0.1) is 5.69 Å². The lowest BCUT2D eigenvalue weighted by Gasteiger charge is -2.08. The Morgan fingerprint density at radius 3 is 2.61 bits per heavy atom. The summed E-state index contributed by atoms with van der Waals surface area (Å²) in [7, 11) is -3.49. The minimum absolute atomic E-state index is 0.117. The normalized spacial score (nSPS) is 11.7. The number of nitrogens with one attached hydrogen (secondary N) is 1. The van der Waals surface area contributed by atoms with Crippen molar-refractivity contribution in [3.8, 4) is 0 Å². The van der Waals surface area contributed by atoms with Gasteiger partial charge in [-0.3, -0.25) is 4.98 Å². The fraction of sp³-hybridized carbons (Fsp3) is 0.455. The Morgan fingerprint density at radius 2 is 2.17 bits per heavy atom. The summed E-state index contributed by atoms with van der Waals surface area (Å²) in [6, 6.07) is 2.94. The van der Waals surface area contributed by atoms with Gasteiger partial charge in [0.25, 0.3) is 0 Å². The first-order valence-corrected chi connectivity index (χ1v) is 7.47. The Labute approximate surface area is 113 Å². The van der Waals surface area contributed by atoms with Crippen LogP contribution in [0.3, 0.4) is 0 Å². The average Bonchev–Trinajstić information content (AvgIpc) is 2.28. The third kappa shape index (κ3) is 4.32. The Hall–Kier alpha value is -1.05. The van der Waals surface area contributed by atoms with Crippen molar-refractivity contribution in [3.05, 3.63) is 24.0 Å². The minimum Gasteiger partial charge on any atom is -0.388 e. The zero-order chi connectivity index (χ0) is 13.8. The molecule has 0 atom stereocenters. The van der Waals surface area contributed by atoms with Gasteiger partial charge in [-0.25, -0.2) is 13.1 Å². The number of aromatic nitrogens is 1. The van der Waals surface area contributed by atoms with E-state index in [9.17, 15) is 8.42 Å². The highest BCUT2D eigenvalue weighted by Crippen LogP contribution is 2.08. The number of rotatable bonds is 6. The highest BCUT2D eigenvalue weighted by Gasteiger charge is 2.14. The molecule has 0 aliphatic carbocycles. The molecule has 0 radical (unpaired) electrons. The van der Waals surface area contributed by atoms with Crippen LogP contribution in [0.1, 0.15) is 26.0 Å². The van der Waals surface area contributed by atoms with Crippen molar-refractivity contribution >= 4 is 27.2 Å². The van der Waals surface area contributed by atoms with E-state index in [0.29, 0.717) is 18.2 Å². The van der Waals surface area contributed by atoms with Crippen LogP contribution in [-0.2, 0) is 10.0 Å². The zero-order valence-corrected chi connectivity index (χ0v) is 12.0. The lowest BCUT2D eigenvalue weighted by atomic mass is 10.1. The molecule has 5 nitrogen and oxygen atoms in total. The van der Waals surface area contributed by atoms with Gasteiger partial charge in [-0.05, 0) is 24.5 Å². The summed E-state index contributed by atoms with van der Waals surface area (Å²) in [6.45, 7) is 4.48. The molecule has 1 rings (SSSR count). The number of nitrogens with two attached hydrogens (primary N) is 1. The minimum atomic E-state index is -3.49. The van der Waals surface area contributed by atoms with Crippen molar-refractivity contribution < 1.29 is 8.42 Å². The molecule has 0 aliphatic rings. The molecule has 7 heteroatoms. The highest BCUT2D eigenvalue weighted by atomic mass is 32.2. The topological polar surface area (TPSA) is 85.1 Å². The first-order valence-electron chi connectivity index (χ1n) is 5.58. The van der Waals surface area contributed by atoms with Crippen molar-refractivity contribution in [2.75, 3.05) is 6.54 Å². The van der Waals surface area contributed by atoms with Gasteiger partial charge in [0.15, 0.2) is 0 Å². The van der Waals surface area contributed by atoms with Gasteiger partial charge < -0.3 is 5.73 Å². The molecule has 0 bridgehead atoms. The van der Waals surface area contributed by atoms with E-state index in [1.165, 1.54) is 18.3 Å². The summed E-state index contributed by atoms with van der Waals surface area (Å²) < 4.78 is 26.3. The van der Waals surface area contributed by atoms with Crippen molar-refractivity contribution in [1.82, 2.24) is 9.71 Å². The molecule has 0 spiro atoms. The van der Waals surface area contributed by atoms with E-state index in [-0.39, 0.29) is 9.88 Å². The van der Waals surface area contributed by atoms with Crippen LogP contribution in [0.15, 0.2) is 23.2 Å². The lowest BCUT2D eigenvalue weighted by Crippen LogP contribution is -2.26. The molecule has 100 valence electrons. The lowest BCUT2D eigenvalue weighted by molar-refractivity contribution is 0.551. The van der Waals surface area contributed by atoms with Gasteiger partial charge in [-0.15, -0.1) is 0 Å². The van der Waals surface area contributed by atoms with Crippen molar-refractivity contribution in [3.63, 3.8) is 0 Å². The van der Waals surface area contributed by atoms with Crippen LogP contribution in [-0.4, -0.2) is 24.9 Å². The zero-order valence-electron chi connectivity index (χ0n) is 10.4. The van der Waals surface area contributed by atoms with Gasteiger partial charge in [0, 0.05) is 12.7 Å². The maximum atomic E-state index is 11.9. The molecule has 0 saturated heterocycles. The molecule has 0 unspecified atom stereocenters. The second-order valence-corrected chi connectivity index (χ2v) is 6.53. The Balaban J connectivity index is 2.76. The van der Waals surface area contributed by atoms with Crippen LogP contribution in [0.2, 0.25) is 0 Å². The maximum absolute atomic E-state index is 11.9. The van der Waals surface area contributed by atoms with E-state index in [1.807, 2.05) is 13.8 Å². The SMILES string of the molecule is CC(C)CCNS(=O)(=O)c1ccc(C(N)=S)nc1. The molecule has 3 N–H and O–H groups in total. The summed E-state index contributed by atoms with van der Waals surface area (Å²) in [6.07, 6.45) is 2.05. The van der Waals surface area contributed by atoms with Crippen LogP contribution >= 0.6 is 12.2 Å². The summed E-state index contributed by atoms with van der Waals surface area (Å²) in [5.74, 6) is 0.447. The third-order valence-electron chi connectivity index (χ3n) is 2.31. The molecule has 1 aromatic heterocycles. The fourth-order valence-corrected chi connectivity index (χ4v) is 2.36. The smallest absolute Gasteiger partial charge is 0.242 e. The number of hydrogen-bond acceptors (Lipinski definition) is 4. The van der Waals surface area contributed by atoms with Gasteiger partial charge in [-0.2, -0.15) is 0 Å². The van der Waals surface area contributed by atoms with Crippen LogP contribution in [0.5, 0.6) is 0 Å². The van der Waals surface area contributed by atoms with Gasteiger partial charge in [-0.1, -0.05) is 26.1 Å². The van der Waals surface area contributed by atoms with E-state index in [1.54, 1.807) is 0 Å². The predicted octanol–water partition coefficient (Wildman–Crippen LogP) is 1.04. The highest BCUT2D eigenvalue weighted by molar-refractivity contribution is 7.89. The first kappa shape index (κ1) is 15.0. The molecule has 0 aromatic carbocycles. The first-order chi connectivity index (χ1) is 8.33. The molecule has 1 heterocycles. The number of nitrogens with zero attached hydrogens (tertiary/aromatic N) is 1. The van der Waals surface area contributed by atoms with Crippen molar-refractivity contribution in [2.45, 2.75) is 25.2 Å². The maximum Gasteiger partial charge on any atom is 0.242 e. The molecule has 18 heavy (non-hydrogen) atoms. The van der Waals surface area contributed by atoms with E-state index < -0.39 is 10.0 Å². The number of pyridine rings is 1. The van der Waals surface area contributed by atoms with Gasteiger partial charge >= 0.3 is 0 Å². The third-order valence-corrected chi connectivity index (χ3v) is 3.97. The Bertz CT molecular complexity index is 510. The number of sulfonamides is 1. The van der Waals surface area contributed by atoms with E-state index >= 15 is 0 Å². The fourth-order valence-electron chi connectivity index (χ4n) is 1.25. The second-order valence-electron chi connectivity index (χ2n) is 4.32. The van der Waals surface area contributed by atoms with Crippen LogP contribution < -0.4 is 10.5 Å². The van der Waals surface area contributed by atoms with Gasteiger partial charge in [0.2, 0.25) is 10.0 Å². The molecule has 0 aliphatic heterocycles. The molecular weight excluding hydrogens is 270 g/mol.